The highest BCUT2D eigenvalue weighted by Crippen LogP contribution is 2.31. The Kier molecular flexibility index (Phi) is 3.62. The van der Waals surface area contributed by atoms with Crippen LogP contribution in [0.15, 0.2) is 52.6 Å². The summed E-state index contributed by atoms with van der Waals surface area (Å²) in [5.41, 5.74) is 2.07. The first-order valence-corrected chi connectivity index (χ1v) is 7.35. The Bertz CT molecular complexity index is 835. The van der Waals surface area contributed by atoms with Crippen molar-refractivity contribution < 1.29 is 9.47 Å². The number of rotatable bonds is 3. The first-order chi connectivity index (χ1) is 10.2. The van der Waals surface area contributed by atoms with Gasteiger partial charge in [0.05, 0.1) is 14.2 Å². The van der Waals surface area contributed by atoms with Crippen molar-refractivity contribution in [3.63, 3.8) is 0 Å². The summed E-state index contributed by atoms with van der Waals surface area (Å²) in [6.45, 7) is 0. The molecule has 0 aliphatic heterocycles. The van der Waals surface area contributed by atoms with Gasteiger partial charge in [-0.25, -0.2) is 0 Å². The minimum absolute atomic E-state index is 0.0601. The molecular weight excluding hydrogens is 284 g/mol. The molecule has 0 N–H and O–H groups in total. The van der Waals surface area contributed by atoms with E-state index in [4.69, 9.17) is 9.47 Å². The molecule has 0 amide bonds. The molecule has 0 saturated heterocycles. The van der Waals surface area contributed by atoms with Crippen molar-refractivity contribution in [1.82, 2.24) is 0 Å². The van der Waals surface area contributed by atoms with E-state index in [1.165, 1.54) is 11.3 Å². The summed E-state index contributed by atoms with van der Waals surface area (Å²) in [5.74, 6) is 1.55. The van der Waals surface area contributed by atoms with Gasteiger partial charge in [-0.1, -0.05) is 12.1 Å². The zero-order valence-electron chi connectivity index (χ0n) is 11.8. The second-order valence-corrected chi connectivity index (χ2v) is 5.42. The molecule has 3 aromatic rings. The van der Waals surface area contributed by atoms with Gasteiger partial charge in [0.25, 0.3) is 0 Å². The highest BCUT2D eigenvalue weighted by molar-refractivity contribution is 7.08. The molecule has 21 heavy (non-hydrogen) atoms. The lowest BCUT2D eigenvalue weighted by molar-refractivity contribution is 0.415. The van der Waals surface area contributed by atoms with Gasteiger partial charge >= 0.3 is 0 Å². The third-order valence-corrected chi connectivity index (χ3v) is 4.21. The number of hydrogen-bond acceptors (Lipinski definition) is 4. The van der Waals surface area contributed by atoms with E-state index in [0.717, 1.165) is 28.0 Å². The zero-order valence-corrected chi connectivity index (χ0v) is 12.6. The van der Waals surface area contributed by atoms with Crippen molar-refractivity contribution in [2.75, 3.05) is 14.2 Å². The highest BCUT2D eigenvalue weighted by Gasteiger charge is 2.08. The summed E-state index contributed by atoms with van der Waals surface area (Å²) in [6.07, 6.45) is 0. The van der Waals surface area contributed by atoms with Crippen LogP contribution in [0.5, 0.6) is 11.5 Å². The number of ether oxygens (including phenoxy) is 2. The normalized spacial score (nSPS) is 10.6. The summed E-state index contributed by atoms with van der Waals surface area (Å²) in [5, 5.41) is 3.52. The van der Waals surface area contributed by atoms with Crippen LogP contribution >= 0.6 is 11.3 Å². The van der Waals surface area contributed by atoms with Gasteiger partial charge in [0.2, 0.25) is 4.74 Å². The van der Waals surface area contributed by atoms with Gasteiger partial charge in [0.1, 0.15) is 11.5 Å². The third kappa shape index (κ3) is 2.50. The average molecular weight is 298 g/mol. The van der Waals surface area contributed by atoms with Crippen molar-refractivity contribution in [3.05, 3.63) is 57.4 Å². The summed E-state index contributed by atoms with van der Waals surface area (Å²) < 4.78 is 10.5. The molecule has 0 spiro atoms. The molecule has 0 aliphatic rings. The Hall–Kier alpha value is -2.33. The molecule has 106 valence electrons. The fourth-order valence-corrected chi connectivity index (χ4v) is 3.08. The van der Waals surface area contributed by atoms with Crippen molar-refractivity contribution in [1.29, 1.82) is 0 Å². The molecule has 3 rings (SSSR count). The summed E-state index contributed by atoms with van der Waals surface area (Å²) in [6, 6.07) is 13.3. The summed E-state index contributed by atoms with van der Waals surface area (Å²) in [4.78, 5) is 12.0. The molecular formula is C17H14O3S. The maximum atomic E-state index is 12.0. The predicted molar refractivity (Wildman–Crippen MR) is 86.6 cm³/mol. The van der Waals surface area contributed by atoms with Gasteiger partial charge in [-0.3, -0.25) is 4.79 Å². The molecule has 0 fully saturated rings. The second kappa shape index (κ2) is 5.58. The van der Waals surface area contributed by atoms with Gasteiger partial charge in [0, 0.05) is 10.8 Å². The minimum Gasteiger partial charge on any atom is -0.497 e. The Morgan fingerprint density at radius 2 is 1.52 bits per heavy atom. The molecule has 4 heteroatoms. The van der Waals surface area contributed by atoms with E-state index >= 15 is 0 Å². The number of benzene rings is 2. The molecule has 2 aromatic carbocycles. The van der Waals surface area contributed by atoms with Crippen LogP contribution in [0.4, 0.5) is 0 Å². The van der Waals surface area contributed by atoms with Crippen molar-refractivity contribution in [2.24, 2.45) is 0 Å². The molecule has 1 aromatic heterocycles. The third-order valence-electron chi connectivity index (χ3n) is 3.42. The number of fused-ring (bicyclic) bond motifs is 1. The van der Waals surface area contributed by atoms with Gasteiger partial charge in [-0.2, -0.15) is 0 Å². The zero-order chi connectivity index (χ0) is 14.8. The van der Waals surface area contributed by atoms with E-state index in [0.29, 0.717) is 5.39 Å². The Labute approximate surface area is 126 Å². The topological polar surface area (TPSA) is 35.5 Å². The SMILES string of the molecule is COc1ccc(-c2csc(=O)c3ccc(OC)cc23)cc1. The molecule has 0 saturated carbocycles. The number of methoxy groups -OCH3 is 2. The minimum atomic E-state index is 0.0601. The average Bonchev–Trinajstić information content (AvgIpc) is 2.55. The van der Waals surface area contributed by atoms with Crippen LogP contribution in [0.25, 0.3) is 21.9 Å². The van der Waals surface area contributed by atoms with Crippen LogP contribution in [0.2, 0.25) is 0 Å². The molecule has 0 bridgehead atoms. The first kappa shape index (κ1) is 13.6. The smallest absolute Gasteiger partial charge is 0.240 e. The van der Waals surface area contributed by atoms with Gasteiger partial charge in [-0.05, 0) is 46.8 Å². The van der Waals surface area contributed by atoms with Crippen LogP contribution in [-0.2, 0) is 0 Å². The largest absolute Gasteiger partial charge is 0.497 e. The molecule has 0 unspecified atom stereocenters. The standard InChI is InChI=1S/C17H14O3S/c1-19-12-5-3-11(4-6-12)16-10-21-17(18)14-8-7-13(20-2)9-15(14)16/h3-10H,1-2H3. The lowest BCUT2D eigenvalue weighted by atomic mass is 10.0. The molecule has 1 heterocycles. The second-order valence-electron chi connectivity index (χ2n) is 4.58. The van der Waals surface area contributed by atoms with Gasteiger partial charge in [0.15, 0.2) is 0 Å². The van der Waals surface area contributed by atoms with Crippen molar-refractivity contribution in [3.8, 4) is 22.6 Å². The van der Waals surface area contributed by atoms with E-state index < -0.39 is 0 Å². The monoisotopic (exact) mass is 298 g/mol. The Morgan fingerprint density at radius 1 is 0.857 bits per heavy atom. The maximum absolute atomic E-state index is 12.0. The van der Waals surface area contributed by atoms with Gasteiger partial charge < -0.3 is 9.47 Å². The van der Waals surface area contributed by atoms with E-state index in [-0.39, 0.29) is 4.74 Å². The van der Waals surface area contributed by atoms with Gasteiger partial charge in [-0.15, -0.1) is 11.3 Å². The van der Waals surface area contributed by atoms with Crippen LogP contribution in [0.3, 0.4) is 0 Å². The molecule has 0 atom stereocenters. The highest BCUT2D eigenvalue weighted by atomic mass is 32.1. The maximum Gasteiger partial charge on any atom is 0.240 e. The Morgan fingerprint density at radius 3 is 2.19 bits per heavy atom. The van der Waals surface area contributed by atoms with E-state index in [9.17, 15) is 4.79 Å². The van der Waals surface area contributed by atoms with Crippen LogP contribution in [-0.4, -0.2) is 14.2 Å². The molecule has 3 nitrogen and oxygen atoms in total. The van der Waals surface area contributed by atoms with Crippen LogP contribution in [0, 0.1) is 0 Å². The van der Waals surface area contributed by atoms with E-state index in [1.54, 1.807) is 14.2 Å². The lowest BCUT2D eigenvalue weighted by Gasteiger charge is -2.08. The number of hydrogen-bond donors (Lipinski definition) is 0. The Balaban J connectivity index is 2.25. The van der Waals surface area contributed by atoms with E-state index in [2.05, 4.69) is 0 Å². The first-order valence-electron chi connectivity index (χ1n) is 6.47. The predicted octanol–water partition coefficient (Wildman–Crippen LogP) is 3.95. The van der Waals surface area contributed by atoms with Crippen molar-refractivity contribution in [2.45, 2.75) is 0 Å². The fourth-order valence-electron chi connectivity index (χ4n) is 2.28. The summed E-state index contributed by atoms with van der Waals surface area (Å²) in [7, 11) is 3.27. The lowest BCUT2D eigenvalue weighted by Crippen LogP contribution is -1.96. The van der Waals surface area contributed by atoms with Crippen LogP contribution in [0.1, 0.15) is 0 Å². The molecule has 0 aliphatic carbocycles. The fraction of sp³-hybridized carbons (Fsp3) is 0.118. The molecule has 0 radical (unpaired) electrons. The van der Waals surface area contributed by atoms with E-state index in [1.807, 2.05) is 47.8 Å². The quantitative estimate of drug-likeness (QED) is 0.734. The van der Waals surface area contributed by atoms with Crippen LogP contribution < -0.4 is 14.2 Å². The van der Waals surface area contributed by atoms with Crippen molar-refractivity contribution >= 4 is 22.1 Å². The summed E-state index contributed by atoms with van der Waals surface area (Å²) >= 11 is 1.21.